The van der Waals surface area contributed by atoms with Crippen LogP contribution in [0.25, 0.3) is 0 Å². The van der Waals surface area contributed by atoms with Crippen LogP contribution in [0.15, 0.2) is 24.3 Å². The Kier molecular flexibility index (Phi) is 9.52. The van der Waals surface area contributed by atoms with Gasteiger partial charge in [-0.2, -0.15) is 0 Å². The highest BCUT2D eigenvalue weighted by Gasteiger charge is 2.09. The molecule has 0 heterocycles. The molecule has 0 saturated heterocycles. The third-order valence-corrected chi connectivity index (χ3v) is 3.33. The summed E-state index contributed by atoms with van der Waals surface area (Å²) in [5, 5.41) is 0. The summed E-state index contributed by atoms with van der Waals surface area (Å²) in [6, 6.07) is 7.30. The van der Waals surface area contributed by atoms with Crippen molar-refractivity contribution in [3.63, 3.8) is 0 Å². The summed E-state index contributed by atoms with van der Waals surface area (Å²) >= 11 is 0. The normalized spacial score (nSPS) is 10.2. The van der Waals surface area contributed by atoms with Gasteiger partial charge in [-0.3, -0.25) is 9.59 Å². The van der Waals surface area contributed by atoms with Crippen LogP contribution in [0.1, 0.15) is 51.0 Å². The molecular weight excluding hydrogens is 296 g/mol. The highest BCUT2D eigenvalue weighted by molar-refractivity contribution is 5.77. The zero-order valence-electron chi connectivity index (χ0n) is 14.0. The first-order valence-corrected chi connectivity index (χ1v) is 8.10. The van der Waals surface area contributed by atoms with Gasteiger partial charge in [-0.25, -0.2) is 0 Å². The van der Waals surface area contributed by atoms with Gasteiger partial charge in [0.15, 0.2) is 0 Å². The molecule has 0 amide bonds. The quantitative estimate of drug-likeness (QED) is 0.460. The Bertz CT molecular complexity index is 484. The second-order valence-corrected chi connectivity index (χ2v) is 5.29. The predicted octanol–water partition coefficient (Wildman–Crippen LogP) is 3.64. The Morgan fingerprint density at radius 1 is 1.00 bits per heavy atom. The number of methoxy groups -OCH3 is 1. The average molecular weight is 322 g/mol. The number of esters is 2. The molecule has 128 valence electrons. The summed E-state index contributed by atoms with van der Waals surface area (Å²) in [7, 11) is 1.58. The first kappa shape index (κ1) is 19.0. The van der Waals surface area contributed by atoms with Crippen LogP contribution in [0.2, 0.25) is 0 Å². The van der Waals surface area contributed by atoms with Crippen molar-refractivity contribution in [1.82, 2.24) is 0 Å². The molecule has 0 aliphatic heterocycles. The number of rotatable bonds is 11. The minimum atomic E-state index is -0.407. The molecule has 0 atom stereocenters. The number of benzene rings is 1. The molecule has 0 N–H and O–H groups in total. The van der Waals surface area contributed by atoms with Crippen LogP contribution >= 0.6 is 0 Å². The number of hydrogen-bond donors (Lipinski definition) is 0. The van der Waals surface area contributed by atoms with Crippen LogP contribution in [0.3, 0.4) is 0 Å². The van der Waals surface area contributed by atoms with Gasteiger partial charge in [-0.15, -0.1) is 0 Å². The molecule has 1 aromatic carbocycles. The number of carbonyl (C=O) groups is 2. The van der Waals surface area contributed by atoms with Crippen LogP contribution in [0.5, 0.6) is 5.75 Å². The Labute approximate surface area is 137 Å². The molecule has 0 aliphatic carbocycles. The Balaban J connectivity index is 2.15. The van der Waals surface area contributed by atoms with E-state index in [-0.39, 0.29) is 25.4 Å². The van der Waals surface area contributed by atoms with Gasteiger partial charge in [0.1, 0.15) is 12.4 Å². The maximum Gasteiger partial charge on any atom is 0.306 e. The van der Waals surface area contributed by atoms with Crippen LogP contribution in [-0.4, -0.2) is 25.7 Å². The van der Waals surface area contributed by atoms with Crippen molar-refractivity contribution in [3.05, 3.63) is 29.8 Å². The highest BCUT2D eigenvalue weighted by Crippen LogP contribution is 2.13. The van der Waals surface area contributed by atoms with Gasteiger partial charge in [-0.05, 0) is 24.1 Å². The highest BCUT2D eigenvalue weighted by atomic mass is 16.5. The zero-order valence-corrected chi connectivity index (χ0v) is 14.0. The Hall–Kier alpha value is -2.04. The molecule has 0 saturated carbocycles. The van der Waals surface area contributed by atoms with E-state index in [4.69, 9.17) is 14.2 Å². The van der Waals surface area contributed by atoms with Crippen molar-refractivity contribution < 1.29 is 23.8 Å². The number of ether oxygens (including phenoxy) is 3. The predicted molar refractivity (Wildman–Crippen MR) is 87.1 cm³/mol. The molecule has 0 aliphatic rings. The maximum absolute atomic E-state index is 11.6. The molecule has 0 fully saturated rings. The van der Waals surface area contributed by atoms with Gasteiger partial charge in [0.05, 0.1) is 26.6 Å². The molecule has 1 rings (SSSR count). The van der Waals surface area contributed by atoms with E-state index in [1.54, 1.807) is 13.2 Å². The second kappa shape index (κ2) is 11.5. The van der Waals surface area contributed by atoms with Gasteiger partial charge < -0.3 is 14.2 Å². The largest absolute Gasteiger partial charge is 0.497 e. The van der Waals surface area contributed by atoms with E-state index < -0.39 is 5.97 Å². The van der Waals surface area contributed by atoms with Crippen LogP contribution < -0.4 is 4.74 Å². The number of hydrogen-bond acceptors (Lipinski definition) is 5. The molecule has 5 nitrogen and oxygen atoms in total. The minimum absolute atomic E-state index is 0.0394. The molecule has 0 aromatic heterocycles. The minimum Gasteiger partial charge on any atom is -0.497 e. The van der Waals surface area contributed by atoms with Gasteiger partial charge in [0.2, 0.25) is 0 Å². The lowest BCUT2D eigenvalue weighted by molar-refractivity contribution is -0.151. The fraction of sp³-hybridized carbons (Fsp3) is 0.556. The zero-order chi connectivity index (χ0) is 16.9. The van der Waals surface area contributed by atoms with Crippen molar-refractivity contribution in [2.45, 2.75) is 52.1 Å². The van der Waals surface area contributed by atoms with E-state index in [1.807, 2.05) is 18.2 Å². The summed E-state index contributed by atoms with van der Waals surface area (Å²) in [6.45, 7) is 2.73. The van der Waals surface area contributed by atoms with Crippen molar-refractivity contribution >= 4 is 11.9 Å². The standard InChI is InChI=1S/C18H26O5/c1-3-4-5-6-12-22-17(19)10-11-18(20)23-14-15-8-7-9-16(13-15)21-2/h7-9,13H,3-6,10-12,14H2,1-2H3. The monoisotopic (exact) mass is 322 g/mol. The van der Waals surface area contributed by atoms with Crippen molar-refractivity contribution in [3.8, 4) is 5.75 Å². The third kappa shape index (κ3) is 8.86. The molecule has 0 unspecified atom stereocenters. The number of unbranched alkanes of at least 4 members (excludes halogenated alkanes) is 3. The van der Waals surface area contributed by atoms with E-state index in [0.29, 0.717) is 12.4 Å². The Morgan fingerprint density at radius 2 is 1.74 bits per heavy atom. The van der Waals surface area contributed by atoms with Gasteiger partial charge in [0, 0.05) is 0 Å². The van der Waals surface area contributed by atoms with Crippen LogP contribution in [0, 0.1) is 0 Å². The third-order valence-electron chi connectivity index (χ3n) is 3.33. The summed E-state index contributed by atoms with van der Waals surface area (Å²) in [5.74, 6) is -0.0409. The second-order valence-electron chi connectivity index (χ2n) is 5.29. The van der Waals surface area contributed by atoms with Crippen molar-refractivity contribution in [2.75, 3.05) is 13.7 Å². The SMILES string of the molecule is CCCCCCOC(=O)CCC(=O)OCc1cccc(OC)c1. The van der Waals surface area contributed by atoms with E-state index in [9.17, 15) is 9.59 Å². The summed E-state index contributed by atoms with van der Waals surface area (Å²) in [5.41, 5.74) is 0.844. The smallest absolute Gasteiger partial charge is 0.306 e. The molecule has 5 heteroatoms. The maximum atomic E-state index is 11.6. The van der Waals surface area contributed by atoms with E-state index in [1.165, 1.54) is 0 Å². The van der Waals surface area contributed by atoms with Crippen molar-refractivity contribution in [2.24, 2.45) is 0 Å². The Morgan fingerprint density at radius 3 is 2.43 bits per heavy atom. The fourth-order valence-electron chi connectivity index (χ4n) is 1.99. The van der Waals surface area contributed by atoms with Crippen LogP contribution in [0.4, 0.5) is 0 Å². The molecule has 0 radical (unpaired) electrons. The lowest BCUT2D eigenvalue weighted by atomic mass is 10.2. The summed E-state index contributed by atoms with van der Waals surface area (Å²) in [6.07, 6.45) is 4.33. The summed E-state index contributed by atoms with van der Waals surface area (Å²) < 4.78 is 15.3. The lowest BCUT2D eigenvalue weighted by Gasteiger charge is -2.07. The lowest BCUT2D eigenvalue weighted by Crippen LogP contribution is -2.11. The molecular formula is C18H26O5. The van der Waals surface area contributed by atoms with Gasteiger partial charge in [-0.1, -0.05) is 38.3 Å². The first-order chi connectivity index (χ1) is 11.2. The molecule has 0 bridgehead atoms. The summed E-state index contributed by atoms with van der Waals surface area (Å²) in [4.78, 5) is 23.1. The van der Waals surface area contributed by atoms with Gasteiger partial charge >= 0.3 is 11.9 Å². The topological polar surface area (TPSA) is 61.8 Å². The van der Waals surface area contributed by atoms with E-state index in [2.05, 4.69) is 6.92 Å². The molecule has 23 heavy (non-hydrogen) atoms. The fourth-order valence-corrected chi connectivity index (χ4v) is 1.99. The first-order valence-electron chi connectivity index (χ1n) is 8.10. The van der Waals surface area contributed by atoms with E-state index >= 15 is 0 Å². The van der Waals surface area contributed by atoms with Gasteiger partial charge in [0.25, 0.3) is 0 Å². The molecule has 0 spiro atoms. The van der Waals surface area contributed by atoms with E-state index in [0.717, 1.165) is 31.2 Å². The molecule has 1 aromatic rings. The average Bonchev–Trinajstić information content (AvgIpc) is 2.58. The van der Waals surface area contributed by atoms with Crippen molar-refractivity contribution in [1.29, 1.82) is 0 Å². The number of carbonyl (C=O) groups excluding carboxylic acids is 2. The van der Waals surface area contributed by atoms with Crippen LogP contribution in [-0.2, 0) is 25.7 Å².